The van der Waals surface area contributed by atoms with E-state index in [9.17, 15) is 4.79 Å². The van der Waals surface area contributed by atoms with E-state index in [2.05, 4.69) is 10.6 Å². The second kappa shape index (κ2) is 8.62. The molecule has 1 amide bonds. The average molecular weight is 481 g/mol. The van der Waals surface area contributed by atoms with Gasteiger partial charge in [0.05, 0.1) is 16.2 Å². The highest BCUT2D eigenvalue weighted by Crippen LogP contribution is 2.46. The van der Waals surface area contributed by atoms with Crippen LogP contribution < -0.4 is 20.1 Å². The first-order valence-corrected chi connectivity index (χ1v) is 12.0. The molecule has 0 unspecified atom stereocenters. The van der Waals surface area contributed by atoms with Gasteiger partial charge in [0.1, 0.15) is 0 Å². The van der Waals surface area contributed by atoms with Crippen LogP contribution in [0.4, 0.5) is 5.95 Å². The summed E-state index contributed by atoms with van der Waals surface area (Å²) in [6.45, 7) is 7.98. The fraction of sp³-hybridized carbons (Fsp3) is 0.423. The lowest BCUT2D eigenvalue weighted by molar-refractivity contribution is -0.129. The minimum atomic E-state index is -0.383. The molecule has 8 heteroatoms. The first kappa shape index (κ1) is 22.7. The standard InChI is InChI=1S/C26H29ClN4O3/c1-14-18-11-15(22-19(27)8-10-21-23(22)34-13-33-21)5-9-20(18)31-25(28-14)30-17-7-6-16(12-17)29-24(32)26(2,3)4/h5,8-11,16-17H,6-7,12-13H2,1-4H3,(H,29,32)(H,28,30,31)/t16-,17+/m1/s1. The van der Waals surface area contributed by atoms with Crippen LogP contribution in [0.2, 0.25) is 5.02 Å². The molecule has 2 N–H and O–H groups in total. The van der Waals surface area contributed by atoms with Gasteiger partial charge in [-0.05, 0) is 56.0 Å². The van der Waals surface area contributed by atoms with Crippen molar-refractivity contribution in [1.29, 1.82) is 0 Å². The lowest BCUT2D eigenvalue weighted by Gasteiger charge is -2.21. The second-order valence-electron chi connectivity index (χ2n) is 10.1. The zero-order valence-electron chi connectivity index (χ0n) is 19.9. The van der Waals surface area contributed by atoms with E-state index in [4.69, 9.17) is 31.0 Å². The Bertz CT molecular complexity index is 1270. The van der Waals surface area contributed by atoms with Crippen molar-refractivity contribution < 1.29 is 14.3 Å². The van der Waals surface area contributed by atoms with Crippen molar-refractivity contribution in [1.82, 2.24) is 15.3 Å². The lowest BCUT2D eigenvalue weighted by atomic mass is 9.95. The molecule has 178 valence electrons. The highest BCUT2D eigenvalue weighted by atomic mass is 35.5. The summed E-state index contributed by atoms with van der Waals surface area (Å²) >= 11 is 6.52. The molecule has 0 radical (unpaired) electrons. The summed E-state index contributed by atoms with van der Waals surface area (Å²) < 4.78 is 11.2. The molecule has 7 nitrogen and oxygen atoms in total. The number of aromatic nitrogens is 2. The van der Waals surface area contributed by atoms with Gasteiger partial charge in [0, 0.05) is 28.4 Å². The number of carbonyl (C=O) groups excluding carboxylic acids is 1. The predicted octanol–water partition coefficient (Wildman–Crippen LogP) is 5.48. The molecule has 2 atom stereocenters. The summed E-state index contributed by atoms with van der Waals surface area (Å²) in [5, 5.41) is 8.21. The van der Waals surface area contributed by atoms with Gasteiger partial charge in [0.15, 0.2) is 11.5 Å². The van der Waals surface area contributed by atoms with E-state index < -0.39 is 0 Å². The van der Waals surface area contributed by atoms with Crippen molar-refractivity contribution >= 4 is 34.4 Å². The molecule has 5 rings (SSSR count). The van der Waals surface area contributed by atoms with Crippen LogP contribution in [-0.4, -0.2) is 34.8 Å². The number of hydrogen-bond donors (Lipinski definition) is 2. The smallest absolute Gasteiger partial charge is 0.231 e. The van der Waals surface area contributed by atoms with Crippen LogP contribution >= 0.6 is 11.6 Å². The van der Waals surface area contributed by atoms with Gasteiger partial charge in [-0.3, -0.25) is 4.79 Å². The molecule has 3 aromatic rings. The summed E-state index contributed by atoms with van der Waals surface area (Å²) in [7, 11) is 0. The number of hydrogen-bond acceptors (Lipinski definition) is 6. The van der Waals surface area contributed by atoms with Crippen LogP contribution in [0.3, 0.4) is 0 Å². The largest absolute Gasteiger partial charge is 0.454 e. The number of rotatable bonds is 4. The molecular formula is C26H29ClN4O3. The summed E-state index contributed by atoms with van der Waals surface area (Å²) in [6, 6.07) is 10.1. The Morgan fingerprint density at radius 2 is 1.88 bits per heavy atom. The summed E-state index contributed by atoms with van der Waals surface area (Å²) in [4.78, 5) is 21.8. The van der Waals surface area contributed by atoms with Gasteiger partial charge >= 0.3 is 0 Å². The molecule has 2 aliphatic rings. The van der Waals surface area contributed by atoms with Crippen molar-refractivity contribution in [2.75, 3.05) is 12.1 Å². The van der Waals surface area contributed by atoms with Crippen molar-refractivity contribution in [2.24, 2.45) is 5.41 Å². The van der Waals surface area contributed by atoms with E-state index in [1.165, 1.54) is 0 Å². The molecule has 0 bridgehead atoms. The van der Waals surface area contributed by atoms with Crippen LogP contribution in [0.5, 0.6) is 11.5 Å². The van der Waals surface area contributed by atoms with Crippen molar-refractivity contribution in [3.05, 3.63) is 41.0 Å². The molecule has 1 aliphatic carbocycles. The number of aryl methyl sites for hydroxylation is 1. The Kier molecular flexibility index (Phi) is 5.76. The van der Waals surface area contributed by atoms with Crippen LogP contribution in [0.25, 0.3) is 22.0 Å². The molecule has 1 aliphatic heterocycles. The predicted molar refractivity (Wildman–Crippen MR) is 133 cm³/mol. The van der Waals surface area contributed by atoms with Crippen molar-refractivity contribution in [2.45, 2.75) is 59.0 Å². The van der Waals surface area contributed by atoms with Gasteiger partial charge in [-0.2, -0.15) is 0 Å². The Labute approximate surface area is 204 Å². The average Bonchev–Trinajstić information content (AvgIpc) is 3.42. The quantitative estimate of drug-likeness (QED) is 0.514. The maximum absolute atomic E-state index is 12.3. The fourth-order valence-electron chi connectivity index (χ4n) is 4.55. The van der Waals surface area contributed by atoms with Crippen LogP contribution in [0.1, 0.15) is 45.7 Å². The Morgan fingerprint density at radius 1 is 1.09 bits per heavy atom. The molecule has 0 saturated heterocycles. The molecule has 1 aromatic heterocycles. The summed E-state index contributed by atoms with van der Waals surface area (Å²) in [6.07, 6.45) is 2.78. The SMILES string of the molecule is Cc1nc(N[C@H]2CC[C@@H](NC(=O)C(C)(C)C)C2)nc2ccc(-c3c(Cl)ccc4c3OCO4)cc12. The number of nitrogens with zero attached hydrogens (tertiary/aromatic N) is 2. The van der Waals surface area contributed by atoms with Crippen LogP contribution in [0.15, 0.2) is 30.3 Å². The third kappa shape index (κ3) is 4.37. The summed E-state index contributed by atoms with van der Waals surface area (Å²) in [5.41, 5.74) is 3.10. The van der Waals surface area contributed by atoms with E-state index in [1.54, 1.807) is 0 Å². The maximum atomic E-state index is 12.3. The van der Waals surface area contributed by atoms with Crippen LogP contribution in [-0.2, 0) is 4.79 Å². The zero-order valence-corrected chi connectivity index (χ0v) is 20.6. The van der Waals surface area contributed by atoms with Gasteiger partial charge in [0.2, 0.25) is 18.6 Å². The Morgan fingerprint density at radius 3 is 2.68 bits per heavy atom. The molecule has 2 aromatic carbocycles. The molecule has 2 heterocycles. The van der Waals surface area contributed by atoms with Gasteiger partial charge < -0.3 is 20.1 Å². The molecular weight excluding hydrogens is 452 g/mol. The number of halogens is 1. The number of ether oxygens (including phenoxy) is 2. The minimum absolute atomic E-state index is 0.0906. The normalized spacial score (nSPS) is 19.4. The maximum Gasteiger partial charge on any atom is 0.231 e. The summed E-state index contributed by atoms with van der Waals surface area (Å²) in [5.74, 6) is 2.06. The minimum Gasteiger partial charge on any atom is -0.454 e. The topological polar surface area (TPSA) is 85.4 Å². The van der Waals surface area contributed by atoms with Gasteiger partial charge in [-0.15, -0.1) is 0 Å². The van der Waals surface area contributed by atoms with E-state index in [0.717, 1.165) is 47.0 Å². The highest BCUT2D eigenvalue weighted by Gasteiger charge is 2.30. The van der Waals surface area contributed by atoms with Gasteiger partial charge in [0.25, 0.3) is 0 Å². The number of nitrogens with one attached hydrogen (secondary N) is 2. The molecule has 34 heavy (non-hydrogen) atoms. The number of carbonyl (C=O) groups is 1. The Hall–Kier alpha value is -3.06. The number of amides is 1. The highest BCUT2D eigenvalue weighted by molar-refractivity contribution is 6.34. The fourth-order valence-corrected chi connectivity index (χ4v) is 4.80. The van der Waals surface area contributed by atoms with E-state index in [-0.39, 0.29) is 30.2 Å². The first-order valence-electron chi connectivity index (χ1n) is 11.6. The number of benzene rings is 2. The van der Waals surface area contributed by atoms with Crippen LogP contribution in [0, 0.1) is 12.3 Å². The zero-order chi connectivity index (χ0) is 24.0. The van der Waals surface area contributed by atoms with Crippen molar-refractivity contribution in [3.8, 4) is 22.6 Å². The van der Waals surface area contributed by atoms with Crippen molar-refractivity contribution in [3.63, 3.8) is 0 Å². The van der Waals surface area contributed by atoms with Gasteiger partial charge in [-0.1, -0.05) is 38.4 Å². The molecule has 0 spiro atoms. The Balaban J connectivity index is 1.35. The molecule has 1 saturated carbocycles. The number of fused-ring (bicyclic) bond motifs is 2. The van der Waals surface area contributed by atoms with Gasteiger partial charge in [-0.25, -0.2) is 9.97 Å². The third-order valence-corrected chi connectivity index (χ3v) is 6.76. The molecule has 1 fully saturated rings. The van der Waals surface area contributed by atoms with E-state index >= 15 is 0 Å². The van der Waals surface area contributed by atoms with E-state index in [0.29, 0.717) is 22.5 Å². The monoisotopic (exact) mass is 480 g/mol. The number of anilines is 1. The lowest BCUT2D eigenvalue weighted by Crippen LogP contribution is -2.41. The second-order valence-corrected chi connectivity index (χ2v) is 10.5. The third-order valence-electron chi connectivity index (χ3n) is 6.45. The first-order chi connectivity index (χ1) is 16.2. The van der Waals surface area contributed by atoms with E-state index in [1.807, 2.05) is 58.0 Å².